The van der Waals surface area contributed by atoms with Gasteiger partial charge in [-0.1, -0.05) is 6.07 Å². The molecule has 0 amide bonds. The van der Waals surface area contributed by atoms with Crippen LogP contribution in [0.4, 0.5) is 0 Å². The molecule has 0 saturated carbocycles. The third-order valence-corrected chi connectivity index (χ3v) is 3.15. The monoisotopic (exact) mass is 258 g/mol. The van der Waals surface area contributed by atoms with Gasteiger partial charge in [-0.3, -0.25) is 4.79 Å². The molecule has 1 heterocycles. The fourth-order valence-corrected chi connectivity index (χ4v) is 2.23. The van der Waals surface area contributed by atoms with E-state index in [0.29, 0.717) is 18.0 Å². The van der Waals surface area contributed by atoms with Crippen molar-refractivity contribution in [3.63, 3.8) is 0 Å². The highest BCUT2D eigenvalue weighted by atomic mass is 16.5. The summed E-state index contributed by atoms with van der Waals surface area (Å²) >= 11 is 0. The van der Waals surface area contributed by atoms with Crippen LogP contribution in [0.25, 0.3) is 0 Å². The van der Waals surface area contributed by atoms with Gasteiger partial charge in [0.15, 0.2) is 12.4 Å². The van der Waals surface area contributed by atoms with E-state index in [-0.39, 0.29) is 12.4 Å². The van der Waals surface area contributed by atoms with Gasteiger partial charge >= 0.3 is 0 Å². The van der Waals surface area contributed by atoms with Gasteiger partial charge in [-0.15, -0.1) is 10.2 Å². The molecule has 0 bridgehead atoms. The molecule has 0 aliphatic heterocycles. The van der Waals surface area contributed by atoms with Crippen LogP contribution in [-0.2, 0) is 20.1 Å². The summed E-state index contributed by atoms with van der Waals surface area (Å²) in [6, 6.07) is 5.66. The lowest BCUT2D eigenvalue weighted by atomic mass is 9.90. The number of Topliss-reactive ketones (excluding diaryl/α,β-unsaturated/α-hetero) is 1. The van der Waals surface area contributed by atoms with Crippen LogP contribution in [0.2, 0.25) is 0 Å². The van der Waals surface area contributed by atoms with Gasteiger partial charge in [0.2, 0.25) is 5.82 Å². The number of nitrogens with zero attached hydrogens (tertiary/aromatic N) is 4. The molecule has 0 fully saturated rings. The number of tetrazole rings is 1. The summed E-state index contributed by atoms with van der Waals surface area (Å²) in [6.07, 6.45) is 2.53. The van der Waals surface area contributed by atoms with Crippen molar-refractivity contribution in [2.75, 3.05) is 0 Å². The third kappa shape index (κ3) is 2.47. The minimum Gasteiger partial charge on any atom is -0.485 e. The molecule has 1 aromatic carbocycles. The number of ketones is 1. The van der Waals surface area contributed by atoms with Gasteiger partial charge in [0.05, 0.1) is 7.05 Å². The molecule has 1 aromatic heterocycles. The quantitative estimate of drug-likeness (QED) is 0.830. The fraction of sp³-hybridized carbons (Fsp3) is 0.385. The van der Waals surface area contributed by atoms with Crippen molar-refractivity contribution in [2.24, 2.45) is 7.05 Å². The lowest BCUT2D eigenvalue weighted by molar-refractivity contribution is 0.0972. The number of benzene rings is 1. The van der Waals surface area contributed by atoms with Crippen molar-refractivity contribution in [3.8, 4) is 5.75 Å². The summed E-state index contributed by atoms with van der Waals surface area (Å²) in [4.78, 5) is 13.2. The molecular formula is C13H14N4O2. The van der Waals surface area contributed by atoms with Gasteiger partial charge in [0, 0.05) is 12.0 Å². The van der Waals surface area contributed by atoms with E-state index >= 15 is 0 Å². The number of fused-ring (bicyclic) bond motifs is 1. The van der Waals surface area contributed by atoms with E-state index in [1.165, 1.54) is 4.80 Å². The molecule has 0 unspecified atom stereocenters. The minimum atomic E-state index is 0.198. The molecule has 0 spiro atoms. The Balaban J connectivity index is 1.75. The van der Waals surface area contributed by atoms with E-state index in [4.69, 9.17) is 4.74 Å². The molecule has 3 rings (SSSR count). The first-order chi connectivity index (χ1) is 9.22. The highest BCUT2D eigenvalue weighted by Gasteiger charge is 2.17. The lowest BCUT2D eigenvalue weighted by Crippen LogP contribution is -2.11. The number of carbonyl (C=O) groups excluding carboxylic acids is 1. The lowest BCUT2D eigenvalue weighted by Gasteiger charge is -2.15. The van der Waals surface area contributed by atoms with Crippen LogP contribution in [0.3, 0.4) is 0 Å². The van der Waals surface area contributed by atoms with Gasteiger partial charge < -0.3 is 4.74 Å². The first-order valence-electron chi connectivity index (χ1n) is 6.24. The first kappa shape index (κ1) is 11.8. The Morgan fingerprint density at radius 2 is 2.26 bits per heavy atom. The van der Waals surface area contributed by atoms with Crippen LogP contribution < -0.4 is 4.74 Å². The van der Waals surface area contributed by atoms with Gasteiger partial charge in [0.25, 0.3) is 0 Å². The summed E-state index contributed by atoms with van der Waals surface area (Å²) in [5.41, 5.74) is 1.90. The predicted molar refractivity (Wildman–Crippen MR) is 66.8 cm³/mol. The molecule has 98 valence electrons. The summed E-state index contributed by atoms with van der Waals surface area (Å²) < 4.78 is 5.59. The number of ether oxygens (including phenoxy) is 1. The predicted octanol–water partition coefficient (Wildman–Crippen LogP) is 1.31. The Morgan fingerprint density at radius 3 is 3.05 bits per heavy atom. The second kappa shape index (κ2) is 4.79. The Hall–Kier alpha value is -2.24. The van der Waals surface area contributed by atoms with E-state index in [1.807, 2.05) is 18.2 Å². The van der Waals surface area contributed by atoms with Gasteiger partial charge in [-0.25, -0.2) is 0 Å². The summed E-state index contributed by atoms with van der Waals surface area (Å²) in [5, 5.41) is 11.6. The van der Waals surface area contributed by atoms with Crippen molar-refractivity contribution in [1.29, 1.82) is 0 Å². The Kier molecular flexibility index (Phi) is 2.98. The van der Waals surface area contributed by atoms with Crippen LogP contribution in [0.5, 0.6) is 5.75 Å². The molecule has 0 saturated heterocycles. The van der Waals surface area contributed by atoms with Crippen molar-refractivity contribution >= 4 is 5.78 Å². The van der Waals surface area contributed by atoms with Crippen molar-refractivity contribution < 1.29 is 9.53 Å². The molecule has 1 aliphatic carbocycles. The maximum absolute atomic E-state index is 11.8. The molecule has 19 heavy (non-hydrogen) atoms. The van der Waals surface area contributed by atoms with E-state index in [0.717, 1.165) is 24.0 Å². The smallest absolute Gasteiger partial charge is 0.212 e. The largest absolute Gasteiger partial charge is 0.485 e. The second-order valence-electron chi connectivity index (χ2n) is 4.58. The molecule has 1 aliphatic rings. The van der Waals surface area contributed by atoms with E-state index in [9.17, 15) is 4.79 Å². The second-order valence-corrected chi connectivity index (χ2v) is 4.58. The Morgan fingerprint density at radius 1 is 1.37 bits per heavy atom. The normalized spacial score (nSPS) is 14.3. The average Bonchev–Trinajstić information content (AvgIpc) is 2.83. The molecule has 6 heteroatoms. The fourth-order valence-electron chi connectivity index (χ4n) is 2.23. The van der Waals surface area contributed by atoms with Gasteiger partial charge in [0.1, 0.15) is 5.75 Å². The van der Waals surface area contributed by atoms with Crippen LogP contribution >= 0.6 is 0 Å². The number of rotatable bonds is 3. The van der Waals surface area contributed by atoms with Crippen LogP contribution in [0.15, 0.2) is 18.2 Å². The molecule has 0 radical (unpaired) electrons. The molecular weight excluding hydrogens is 244 g/mol. The average molecular weight is 258 g/mol. The highest BCUT2D eigenvalue weighted by Crippen LogP contribution is 2.25. The van der Waals surface area contributed by atoms with Crippen LogP contribution in [0, 0.1) is 0 Å². The maximum Gasteiger partial charge on any atom is 0.212 e. The maximum atomic E-state index is 11.8. The summed E-state index contributed by atoms with van der Waals surface area (Å²) in [6.45, 7) is 0.251. The number of aryl methyl sites for hydroxylation is 2. The van der Waals surface area contributed by atoms with Crippen molar-refractivity contribution in [1.82, 2.24) is 20.2 Å². The standard InChI is InChI=1S/C13H14N4O2/c1-17-15-13(14-16-17)8-19-10-6-5-9-3-2-4-12(18)11(9)7-10/h5-7H,2-4,8H2,1H3. The third-order valence-electron chi connectivity index (χ3n) is 3.15. The van der Waals surface area contributed by atoms with Crippen LogP contribution in [-0.4, -0.2) is 26.0 Å². The highest BCUT2D eigenvalue weighted by molar-refractivity contribution is 5.98. The van der Waals surface area contributed by atoms with E-state index in [1.54, 1.807) is 7.05 Å². The Labute approximate surface area is 110 Å². The van der Waals surface area contributed by atoms with Crippen molar-refractivity contribution in [3.05, 3.63) is 35.2 Å². The zero-order valence-electron chi connectivity index (χ0n) is 10.7. The van der Waals surface area contributed by atoms with Gasteiger partial charge in [-0.2, -0.15) is 4.80 Å². The molecule has 6 nitrogen and oxygen atoms in total. The van der Waals surface area contributed by atoms with E-state index < -0.39 is 0 Å². The van der Waals surface area contributed by atoms with E-state index in [2.05, 4.69) is 15.4 Å². The molecule has 0 N–H and O–H groups in total. The molecule has 0 atom stereocenters. The molecule has 2 aromatic rings. The Bertz CT molecular complexity index is 621. The summed E-state index contributed by atoms with van der Waals surface area (Å²) in [5.74, 6) is 1.39. The number of aromatic nitrogens is 4. The van der Waals surface area contributed by atoms with Crippen molar-refractivity contribution in [2.45, 2.75) is 25.9 Å². The number of hydrogen-bond acceptors (Lipinski definition) is 5. The minimum absolute atomic E-state index is 0.198. The van der Waals surface area contributed by atoms with Crippen LogP contribution in [0.1, 0.15) is 34.6 Å². The SMILES string of the molecule is Cn1nnc(COc2ccc3c(c2)C(=O)CCC3)n1. The number of hydrogen-bond donors (Lipinski definition) is 0. The topological polar surface area (TPSA) is 69.9 Å². The zero-order chi connectivity index (χ0) is 13.2. The van der Waals surface area contributed by atoms with Gasteiger partial charge in [-0.05, 0) is 35.8 Å². The zero-order valence-corrected chi connectivity index (χ0v) is 10.7. The first-order valence-corrected chi connectivity index (χ1v) is 6.24. The number of carbonyl (C=O) groups is 1. The summed E-state index contributed by atoms with van der Waals surface area (Å²) in [7, 11) is 1.70.